The average molecular weight is 337 g/mol. The number of benzene rings is 1. The van der Waals surface area contributed by atoms with Crippen molar-refractivity contribution in [1.29, 1.82) is 0 Å². The smallest absolute Gasteiger partial charge is 0.310 e. The Morgan fingerprint density at radius 2 is 1.65 bits per heavy atom. The second kappa shape index (κ2) is 7.18. The van der Waals surface area contributed by atoms with Crippen LogP contribution in [0.4, 0.5) is 0 Å². The van der Waals surface area contributed by atoms with Gasteiger partial charge in [-0.25, -0.2) is 0 Å². The van der Waals surface area contributed by atoms with Crippen LogP contribution in [0.1, 0.15) is 52.5 Å². The van der Waals surface area contributed by atoms with Gasteiger partial charge in [0.15, 0.2) is 8.32 Å². The highest BCUT2D eigenvalue weighted by molar-refractivity contribution is 6.74. The third-order valence-electron chi connectivity index (χ3n) is 4.89. The molecule has 0 amide bonds. The van der Waals surface area contributed by atoms with E-state index in [0.29, 0.717) is 13.0 Å². The lowest BCUT2D eigenvalue weighted by atomic mass is 9.80. The van der Waals surface area contributed by atoms with Crippen molar-refractivity contribution in [2.45, 2.75) is 65.1 Å². The molecule has 1 unspecified atom stereocenters. The third kappa shape index (κ3) is 5.77. The predicted molar refractivity (Wildman–Crippen MR) is 98.4 cm³/mol. The van der Waals surface area contributed by atoms with Crippen molar-refractivity contribution in [3.63, 3.8) is 0 Å². The zero-order valence-electron chi connectivity index (χ0n) is 15.6. The summed E-state index contributed by atoms with van der Waals surface area (Å²) in [6.07, 6.45) is 0.570. The van der Waals surface area contributed by atoms with E-state index in [1.54, 1.807) is 0 Å². The monoisotopic (exact) mass is 336 g/mol. The minimum atomic E-state index is -1.82. The van der Waals surface area contributed by atoms with Gasteiger partial charge in [-0.3, -0.25) is 4.79 Å². The maximum absolute atomic E-state index is 11.7. The molecule has 0 saturated heterocycles. The normalized spacial score (nSPS) is 14.6. The van der Waals surface area contributed by atoms with Gasteiger partial charge < -0.3 is 9.53 Å². The number of hydrogen-bond acceptors (Lipinski definition) is 2. The van der Waals surface area contributed by atoms with E-state index >= 15 is 0 Å². The zero-order chi connectivity index (χ0) is 17.9. The van der Waals surface area contributed by atoms with Crippen LogP contribution in [0.3, 0.4) is 0 Å². The zero-order valence-corrected chi connectivity index (χ0v) is 16.6. The SMILES string of the molecule is CC(C)(CO[Si](C)(C)C(C)(C)C)CC(C(=O)O)c1ccccc1. The lowest BCUT2D eigenvalue weighted by molar-refractivity contribution is -0.139. The Labute approximate surface area is 142 Å². The van der Waals surface area contributed by atoms with Crippen LogP contribution in [0, 0.1) is 5.41 Å². The number of aliphatic carboxylic acids is 1. The lowest BCUT2D eigenvalue weighted by Crippen LogP contribution is -2.43. The lowest BCUT2D eigenvalue weighted by Gasteiger charge is -2.39. The van der Waals surface area contributed by atoms with Gasteiger partial charge in [0, 0.05) is 6.61 Å². The van der Waals surface area contributed by atoms with Crippen LogP contribution >= 0.6 is 0 Å². The van der Waals surface area contributed by atoms with E-state index in [1.165, 1.54) is 0 Å². The summed E-state index contributed by atoms with van der Waals surface area (Å²) in [6, 6.07) is 9.48. The van der Waals surface area contributed by atoms with Gasteiger partial charge in [0.1, 0.15) is 0 Å². The largest absolute Gasteiger partial charge is 0.481 e. The number of hydrogen-bond donors (Lipinski definition) is 1. The molecule has 0 heterocycles. The Morgan fingerprint density at radius 1 is 1.13 bits per heavy atom. The van der Waals surface area contributed by atoms with Gasteiger partial charge in [0.25, 0.3) is 0 Å². The Hall–Kier alpha value is -1.13. The topological polar surface area (TPSA) is 46.5 Å². The van der Waals surface area contributed by atoms with Gasteiger partial charge in [-0.05, 0) is 35.5 Å². The molecule has 0 aliphatic rings. The molecule has 0 fully saturated rings. The molecular formula is C19H32O3Si. The van der Waals surface area contributed by atoms with Gasteiger partial charge in [-0.2, -0.15) is 0 Å². The highest BCUT2D eigenvalue weighted by Gasteiger charge is 2.39. The summed E-state index contributed by atoms with van der Waals surface area (Å²) in [5.74, 6) is -1.26. The second-order valence-electron chi connectivity index (χ2n) is 8.72. The number of rotatable bonds is 7. The summed E-state index contributed by atoms with van der Waals surface area (Å²) in [5.41, 5.74) is 0.675. The van der Waals surface area contributed by atoms with Gasteiger partial charge >= 0.3 is 5.97 Å². The quantitative estimate of drug-likeness (QED) is 0.688. The third-order valence-corrected chi connectivity index (χ3v) is 9.37. The van der Waals surface area contributed by atoms with Crippen LogP contribution in [0.2, 0.25) is 18.1 Å². The van der Waals surface area contributed by atoms with Gasteiger partial charge in [0.2, 0.25) is 0 Å². The fourth-order valence-corrected chi connectivity index (χ4v) is 3.42. The number of carbonyl (C=O) groups is 1. The summed E-state index contributed by atoms with van der Waals surface area (Å²) >= 11 is 0. The summed E-state index contributed by atoms with van der Waals surface area (Å²) in [7, 11) is -1.82. The molecule has 1 atom stereocenters. The van der Waals surface area contributed by atoms with Crippen molar-refractivity contribution in [3.8, 4) is 0 Å². The average Bonchev–Trinajstić information content (AvgIpc) is 2.42. The van der Waals surface area contributed by atoms with E-state index in [2.05, 4.69) is 47.7 Å². The van der Waals surface area contributed by atoms with Gasteiger partial charge in [0.05, 0.1) is 5.92 Å². The van der Waals surface area contributed by atoms with Crippen LogP contribution in [-0.4, -0.2) is 26.0 Å². The molecule has 1 aromatic carbocycles. The molecule has 23 heavy (non-hydrogen) atoms. The minimum Gasteiger partial charge on any atom is -0.481 e. The summed E-state index contributed by atoms with van der Waals surface area (Å²) < 4.78 is 6.32. The Balaban J connectivity index is 2.81. The summed E-state index contributed by atoms with van der Waals surface area (Å²) in [5, 5.41) is 9.78. The first-order valence-corrected chi connectivity index (χ1v) is 11.2. The predicted octanol–water partition coefficient (Wildman–Crippen LogP) is 5.29. The van der Waals surface area contributed by atoms with E-state index in [9.17, 15) is 9.90 Å². The van der Waals surface area contributed by atoms with Crippen molar-refractivity contribution in [3.05, 3.63) is 35.9 Å². The second-order valence-corrected chi connectivity index (χ2v) is 13.5. The van der Waals surface area contributed by atoms with Gasteiger partial charge in [-0.1, -0.05) is 65.0 Å². The Morgan fingerprint density at radius 3 is 2.09 bits per heavy atom. The van der Waals surface area contributed by atoms with Crippen molar-refractivity contribution < 1.29 is 14.3 Å². The van der Waals surface area contributed by atoms with Crippen molar-refractivity contribution in [2.24, 2.45) is 5.41 Å². The van der Waals surface area contributed by atoms with Crippen LogP contribution in [-0.2, 0) is 9.22 Å². The Kier molecular flexibility index (Phi) is 6.22. The van der Waals surface area contributed by atoms with E-state index in [1.807, 2.05) is 30.3 Å². The first kappa shape index (κ1) is 19.9. The van der Waals surface area contributed by atoms with E-state index < -0.39 is 20.2 Å². The number of carboxylic acids is 1. The Bertz CT molecular complexity index is 515. The van der Waals surface area contributed by atoms with E-state index in [4.69, 9.17) is 4.43 Å². The first-order valence-electron chi connectivity index (χ1n) is 8.27. The fraction of sp³-hybridized carbons (Fsp3) is 0.632. The van der Waals surface area contributed by atoms with Crippen molar-refractivity contribution in [2.75, 3.05) is 6.61 Å². The van der Waals surface area contributed by atoms with E-state index in [0.717, 1.165) is 5.56 Å². The molecule has 0 radical (unpaired) electrons. The molecule has 0 bridgehead atoms. The highest BCUT2D eigenvalue weighted by atomic mass is 28.4. The molecule has 0 aliphatic carbocycles. The fourth-order valence-electron chi connectivity index (χ4n) is 2.24. The van der Waals surface area contributed by atoms with Crippen LogP contribution < -0.4 is 0 Å². The molecule has 4 heteroatoms. The molecule has 0 aromatic heterocycles. The van der Waals surface area contributed by atoms with E-state index in [-0.39, 0.29) is 10.5 Å². The standard InChI is InChI=1S/C19H32O3Si/c1-18(2,3)23(6,7)22-14-19(4,5)13-16(17(20)21)15-11-9-8-10-12-15/h8-12,16H,13-14H2,1-7H3,(H,20,21). The molecule has 1 aromatic rings. The maximum Gasteiger partial charge on any atom is 0.310 e. The minimum absolute atomic E-state index is 0.161. The molecule has 1 rings (SSSR count). The van der Waals surface area contributed by atoms with Crippen molar-refractivity contribution in [1.82, 2.24) is 0 Å². The molecule has 1 N–H and O–H groups in total. The molecule has 3 nitrogen and oxygen atoms in total. The highest BCUT2D eigenvalue weighted by Crippen LogP contribution is 2.39. The molecule has 0 aliphatic heterocycles. The molecule has 0 saturated carbocycles. The maximum atomic E-state index is 11.7. The molecule has 0 spiro atoms. The summed E-state index contributed by atoms with van der Waals surface area (Å²) in [6.45, 7) is 15.9. The van der Waals surface area contributed by atoms with Crippen LogP contribution in [0.15, 0.2) is 30.3 Å². The molecular weight excluding hydrogens is 304 g/mol. The first-order chi connectivity index (χ1) is 10.4. The number of carboxylic acid groups (broad SMARTS) is 1. The van der Waals surface area contributed by atoms with Crippen LogP contribution in [0.25, 0.3) is 0 Å². The van der Waals surface area contributed by atoms with Crippen LogP contribution in [0.5, 0.6) is 0 Å². The van der Waals surface area contributed by atoms with Gasteiger partial charge in [-0.15, -0.1) is 0 Å². The summed E-state index contributed by atoms with van der Waals surface area (Å²) in [4.78, 5) is 11.7. The van der Waals surface area contributed by atoms with Crippen molar-refractivity contribution >= 4 is 14.3 Å². The molecule has 130 valence electrons.